The van der Waals surface area contributed by atoms with Gasteiger partial charge in [-0.15, -0.1) is 11.3 Å². The third-order valence-corrected chi connectivity index (χ3v) is 7.39. The maximum Gasteiger partial charge on any atom is 0.414 e. The largest absolute Gasteiger partial charge is 0.442 e. The Balaban J connectivity index is 1.16. The average Bonchev–Trinajstić information content (AvgIpc) is 3.55. The van der Waals surface area contributed by atoms with Gasteiger partial charge in [-0.2, -0.15) is 0 Å². The number of nitrogens with zero attached hydrogens (tertiary/aromatic N) is 2. The van der Waals surface area contributed by atoms with Crippen LogP contribution in [0.15, 0.2) is 78.2 Å². The van der Waals surface area contributed by atoms with Crippen molar-refractivity contribution >= 4 is 29.0 Å². The highest BCUT2D eigenvalue weighted by molar-refractivity contribution is 7.13. The molecular weight excluding hydrogens is 501 g/mol. The summed E-state index contributed by atoms with van der Waals surface area (Å²) in [7, 11) is 0. The topological polar surface area (TPSA) is 71.5 Å². The van der Waals surface area contributed by atoms with E-state index in [2.05, 4.69) is 22.8 Å². The number of halogens is 1. The van der Waals surface area contributed by atoms with Gasteiger partial charge in [-0.1, -0.05) is 54.6 Å². The number of benzene rings is 3. The van der Waals surface area contributed by atoms with E-state index in [4.69, 9.17) is 9.72 Å². The molecule has 0 radical (unpaired) electrons. The van der Waals surface area contributed by atoms with Gasteiger partial charge < -0.3 is 10.1 Å². The van der Waals surface area contributed by atoms with Crippen molar-refractivity contribution in [1.82, 2.24) is 10.3 Å². The normalized spacial score (nSPS) is 14.9. The lowest BCUT2D eigenvalue weighted by Gasteiger charge is -2.14. The Labute approximate surface area is 225 Å². The predicted molar refractivity (Wildman–Crippen MR) is 148 cm³/mol. The standard InChI is InChI=1S/C30H28FN3O3S/c1-20(35)32-17-26-18-34(30(36)37-26)25-14-15-27(28(31)16-25)22-12-10-21(11-13-22)6-5-9-24-19-38-29(33-24)23-7-3-2-4-8-23/h2-4,7-8,10-16,19,26H,5-6,9,17-18H2,1H3,(H,32,35)/t26-/m0/s1. The van der Waals surface area contributed by atoms with Crippen LogP contribution in [0.1, 0.15) is 24.6 Å². The zero-order chi connectivity index (χ0) is 26.5. The van der Waals surface area contributed by atoms with Crippen molar-refractivity contribution in [3.05, 3.63) is 95.3 Å². The number of aromatic nitrogens is 1. The Morgan fingerprint density at radius 3 is 2.61 bits per heavy atom. The SMILES string of the molecule is CC(=O)NC[C@H]1CN(c2ccc(-c3ccc(CCCc4csc(-c5ccccc5)n4)cc3)c(F)c2)C(=O)O1. The summed E-state index contributed by atoms with van der Waals surface area (Å²) in [5.41, 5.74) is 5.11. The van der Waals surface area contributed by atoms with Crippen molar-refractivity contribution in [2.24, 2.45) is 0 Å². The highest BCUT2D eigenvalue weighted by Crippen LogP contribution is 2.30. The van der Waals surface area contributed by atoms with E-state index in [0.717, 1.165) is 41.1 Å². The summed E-state index contributed by atoms with van der Waals surface area (Å²) < 4.78 is 20.3. The van der Waals surface area contributed by atoms with Crippen molar-refractivity contribution < 1.29 is 18.7 Å². The van der Waals surface area contributed by atoms with Gasteiger partial charge in [0.15, 0.2) is 0 Å². The molecule has 2 heterocycles. The lowest BCUT2D eigenvalue weighted by molar-refractivity contribution is -0.119. The van der Waals surface area contributed by atoms with Gasteiger partial charge in [0.2, 0.25) is 5.91 Å². The molecule has 3 aromatic carbocycles. The number of hydrogen-bond acceptors (Lipinski definition) is 5. The molecule has 1 fully saturated rings. The van der Waals surface area contributed by atoms with Crippen LogP contribution in [-0.4, -0.2) is 36.2 Å². The van der Waals surface area contributed by atoms with Gasteiger partial charge in [-0.05, 0) is 48.6 Å². The predicted octanol–water partition coefficient (Wildman–Crippen LogP) is 6.25. The Hall–Kier alpha value is -4.04. The van der Waals surface area contributed by atoms with Crippen LogP contribution in [0.3, 0.4) is 0 Å². The number of thiazole rings is 1. The van der Waals surface area contributed by atoms with E-state index in [-0.39, 0.29) is 19.0 Å². The molecule has 1 aliphatic heterocycles. The Morgan fingerprint density at radius 1 is 1.08 bits per heavy atom. The van der Waals surface area contributed by atoms with Gasteiger partial charge >= 0.3 is 6.09 Å². The quantitative estimate of drug-likeness (QED) is 0.278. The summed E-state index contributed by atoms with van der Waals surface area (Å²) >= 11 is 1.67. The first-order valence-electron chi connectivity index (χ1n) is 12.6. The molecule has 5 rings (SSSR count). The van der Waals surface area contributed by atoms with E-state index in [1.54, 1.807) is 23.5 Å². The molecule has 0 spiro atoms. The number of amides is 2. The highest BCUT2D eigenvalue weighted by Gasteiger charge is 2.32. The fourth-order valence-electron chi connectivity index (χ4n) is 4.46. The van der Waals surface area contributed by atoms with Crippen LogP contribution in [0.25, 0.3) is 21.7 Å². The molecule has 4 aromatic rings. The van der Waals surface area contributed by atoms with Crippen LogP contribution >= 0.6 is 11.3 Å². The number of cyclic esters (lactones) is 1. The second-order valence-electron chi connectivity index (χ2n) is 9.28. The molecule has 1 N–H and O–H groups in total. The number of nitrogens with one attached hydrogen (secondary N) is 1. The number of ether oxygens (including phenoxy) is 1. The first-order chi connectivity index (χ1) is 18.5. The van der Waals surface area contributed by atoms with Gasteiger partial charge in [0.1, 0.15) is 16.9 Å². The minimum atomic E-state index is -0.550. The van der Waals surface area contributed by atoms with Crippen LogP contribution in [0.5, 0.6) is 0 Å². The third kappa shape index (κ3) is 6.08. The van der Waals surface area contributed by atoms with Gasteiger partial charge in [0, 0.05) is 23.4 Å². The number of rotatable bonds is 9. The second kappa shape index (κ2) is 11.6. The number of carbonyl (C=O) groups excluding carboxylic acids is 2. The molecule has 6 nitrogen and oxygen atoms in total. The third-order valence-electron chi connectivity index (χ3n) is 6.45. The van der Waals surface area contributed by atoms with E-state index >= 15 is 4.39 Å². The first kappa shape index (κ1) is 25.6. The van der Waals surface area contributed by atoms with Crippen LogP contribution in [-0.2, 0) is 22.4 Å². The van der Waals surface area contributed by atoms with Gasteiger partial charge in [-0.25, -0.2) is 14.2 Å². The summed E-state index contributed by atoms with van der Waals surface area (Å²) in [6.45, 7) is 1.88. The maximum atomic E-state index is 15.0. The molecule has 0 bridgehead atoms. The molecule has 0 aliphatic carbocycles. The molecule has 1 atom stereocenters. The fourth-order valence-corrected chi connectivity index (χ4v) is 5.32. The maximum absolute atomic E-state index is 15.0. The highest BCUT2D eigenvalue weighted by atomic mass is 32.1. The van der Waals surface area contributed by atoms with Crippen molar-refractivity contribution in [2.75, 3.05) is 18.0 Å². The number of anilines is 1. The lowest BCUT2D eigenvalue weighted by atomic mass is 10.0. The zero-order valence-corrected chi connectivity index (χ0v) is 21.8. The average molecular weight is 530 g/mol. The summed E-state index contributed by atoms with van der Waals surface area (Å²) in [5.74, 6) is -0.607. The Morgan fingerprint density at radius 2 is 1.87 bits per heavy atom. The molecule has 1 aliphatic rings. The molecule has 8 heteroatoms. The van der Waals surface area contributed by atoms with Crippen molar-refractivity contribution in [1.29, 1.82) is 0 Å². The van der Waals surface area contributed by atoms with E-state index < -0.39 is 18.0 Å². The summed E-state index contributed by atoms with van der Waals surface area (Å²) in [5, 5.41) is 5.81. The first-order valence-corrected chi connectivity index (χ1v) is 13.5. The van der Waals surface area contributed by atoms with Gasteiger partial charge in [0.25, 0.3) is 0 Å². The monoisotopic (exact) mass is 529 g/mol. The molecule has 38 heavy (non-hydrogen) atoms. The van der Waals surface area contributed by atoms with Gasteiger partial charge in [-0.3, -0.25) is 9.69 Å². The van der Waals surface area contributed by atoms with E-state index in [0.29, 0.717) is 11.3 Å². The van der Waals surface area contributed by atoms with E-state index in [1.807, 2.05) is 42.5 Å². The van der Waals surface area contributed by atoms with Crippen molar-refractivity contribution in [3.63, 3.8) is 0 Å². The van der Waals surface area contributed by atoms with E-state index in [1.165, 1.54) is 23.5 Å². The van der Waals surface area contributed by atoms with Crippen molar-refractivity contribution in [2.45, 2.75) is 32.3 Å². The van der Waals surface area contributed by atoms with Crippen LogP contribution < -0.4 is 10.2 Å². The minimum Gasteiger partial charge on any atom is -0.442 e. The molecule has 194 valence electrons. The number of carbonyl (C=O) groups is 2. The lowest BCUT2D eigenvalue weighted by Crippen LogP contribution is -2.33. The zero-order valence-electron chi connectivity index (χ0n) is 21.0. The number of hydrogen-bond donors (Lipinski definition) is 1. The molecule has 2 amide bonds. The van der Waals surface area contributed by atoms with E-state index in [9.17, 15) is 9.59 Å². The summed E-state index contributed by atoms with van der Waals surface area (Å²) in [6, 6.07) is 22.9. The van der Waals surface area contributed by atoms with Gasteiger partial charge in [0.05, 0.1) is 24.5 Å². The second-order valence-corrected chi connectivity index (χ2v) is 10.1. The van der Waals surface area contributed by atoms with Crippen LogP contribution in [0, 0.1) is 5.82 Å². The van der Waals surface area contributed by atoms with Crippen LogP contribution in [0.2, 0.25) is 0 Å². The summed E-state index contributed by atoms with van der Waals surface area (Å²) in [6.07, 6.45) is 1.78. The number of aryl methyl sites for hydroxylation is 2. The van der Waals surface area contributed by atoms with Crippen LogP contribution in [0.4, 0.5) is 14.9 Å². The van der Waals surface area contributed by atoms with Crippen molar-refractivity contribution in [3.8, 4) is 21.7 Å². The molecule has 0 unspecified atom stereocenters. The molecular formula is C30H28FN3O3S. The molecule has 1 aromatic heterocycles. The molecule has 0 saturated carbocycles. The Kier molecular flexibility index (Phi) is 7.79. The summed E-state index contributed by atoms with van der Waals surface area (Å²) in [4.78, 5) is 29.5. The Bertz CT molecular complexity index is 1420. The smallest absolute Gasteiger partial charge is 0.414 e. The minimum absolute atomic E-state index is 0.196. The fraction of sp³-hybridized carbons (Fsp3) is 0.233. The molecule has 1 saturated heterocycles.